The number of benzene rings is 1. The van der Waals surface area contributed by atoms with Crippen LogP contribution < -0.4 is 5.32 Å². The number of sulfone groups is 1. The van der Waals surface area contributed by atoms with Crippen molar-refractivity contribution in [2.45, 2.75) is 51.4 Å². The Balaban J connectivity index is 1.35. The summed E-state index contributed by atoms with van der Waals surface area (Å²) in [7, 11) is -3.14. The molecule has 4 rings (SSSR count). The zero-order chi connectivity index (χ0) is 22.7. The second kappa shape index (κ2) is 9.68. The molecule has 3 aliphatic heterocycles. The lowest BCUT2D eigenvalue weighted by Crippen LogP contribution is -2.43. The van der Waals surface area contributed by atoms with Crippen molar-refractivity contribution in [3.63, 3.8) is 0 Å². The van der Waals surface area contributed by atoms with Crippen LogP contribution in [0, 0.1) is 0 Å². The maximum atomic E-state index is 12.7. The second-order valence-corrected chi connectivity index (χ2v) is 11.0. The van der Waals surface area contributed by atoms with E-state index in [2.05, 4.69) is 34.4 Å². The summed E-state index contributed by atoms with van der Waals surface area (Å²) < 4.78 is 29.1. The van der Waals surface area contributed by atoms with Gasteiger partial charge in [0.1, 0.15) is 5.71 Å². The van der Waals surface area contributed by atoms with E-state index in [1.54, 1.807) is 0 Å². The minimum Gasteiger partial charge on any atom is -0.376 e. The molecule has 10 heteroatoms. The Morgan fingerprint density at radius 3 is 2.84 bits per heavy atom. The quantitative estimate of drug-likeness (QED) is 0.666. The van der Waals surface area contributed by atoms with Gasteiger partial charge >= 0.3 is 0 Å². The highest BCUT2D eigenvalue weighted by molar-refractivity contribution is 7.91. The highest BCUT2D eigenvalue weighted by Crippen LogP contribution is 2.22. The van der Waals surface area contributed by atoms with Crippen molar-refractivity contribution >= 4 is 27.4 Å². The zero-order valence-electron chi connectivity index (χ0n) is 18.3. The van der Waals surface area contributed by atoms with Crippen molar-refractivity contribution in [1.82, 2.24) is 15.2 Å². The summed E-state index contributed by atoms with van der Waals surface area (Å²) in [6.45, 7) is 5.82. The summed E-state index contributed by atoms with van der Waals surface area (Å²) in [6, 6.07) is 7.64. The molecule has 2 unspecified atom stereocenters. The molecular formula is C22H30N4O5S. The summed E-state index contributed by atoms with van der Waals surface area (Å²) in [5.74, 6) is -0.589. The number of carbonyl (C=O) groups is 2. The average molecular weight is 463 g/mol. The van der Waals surface area contributed by atoms with Crippen LogP contribution >= 0.6 is 0 Å². The SMILES string of the molecule is CC1CN(Cc2cccc(CNC(=O)C3=NN(C4CCS(=O)(=O)C4)C(=O)CC3)c2)CCO1. The van der Waals surface area contributed by atoms with Gasteiger partial charge in [0.2, 0.25) is 5.91 Å². The Morgan fingerprint density at radius 1 is 1.28 bits per heavy atom. The Bertz CT molecular complexity index is 1010. The van der Waals surface area contributed by atoms with Crippen molar-refractivity contribution in [3.05, 3.63) is 35.4 Å². The fraction of sp³-hybridized carbons (Fsp3) is 0.591. The smallest absolute Gasteiger partial charge is 0.267 e. The van der Waals surface area contributed by atoms with E-state index in [9.17, 15) is 18.0 Å². The largest absolute Gasteiger partial charge is 0.376 e. The van der Waals surface area contributed by atoms with E-state index >= 15 is 0 Å². The first kappa shape index (κ1) is 22.9. The standard InChI is InChI=1S/C22H30N4O5S/c1-16-13-25(8-9-31-16)14-18-4-2-3-17(11-18)12-23-22(28)20-5-6-21(27)26(24-20)19-7-10-32(29,30)15-19/h2-4,11,16,19H,5-10,12-15H2,1H3,(H,23,28). The van der Waals surface area contributed by atoms with Crippen LogP contribution in [-0.2, 0) is 37.3 Å². The molecule has 9 nitrogen and oxygen atoms in total. The third-order valence-corrected chi connectivity index (χ3v) is 7.80. The lowest BCUT2D eigenvalue weighted by molar-refractivity contribution is -0.133. The van der Waals surface area contributed by atoms with E-state index in [1.807, 2.05) is 12.1 Å². The predicted octanol–water partition coefficient (Wildman–Crippen LogP) is 0.689. The number of morpholine rings is 1. The predicted molar refractivity (Wildman–Crippen MR) is 120 cm³/mol. The van der Waals surface area contributed by atoms with Crippen LogP contribution in [0.4, 0.5) is 0 Å². The van der Waals surface area contributed by atoms with Gasteiger partial charge in [0.25, 0.3) is 5.91 Å². The van der Waals surface area contributed by atoms with Gasteiger partial charge in [-0.2, -0.15) is 5.10 Å². The van der Waals surface area contributed by atoms with Gasteiger partial charge in [-0.25, -0.2) is 13.4 Å². The van der Waals surface area contributed by atoms with Crippen LogP contribution in [0.25, 0.3) is 0 Å². The normalized spacial score (nSPS) is 26.1. The van der Waals surface area contributed by atoms with Gasteiger partial charge in [-0.15, -0.1) is 0 Å². The number of carbonyl (C=O) groups excluding carboxylic acids is 2. The molecule has 174 valence electrons. The third-order valence-electron chi connectivity index (χ3n) is 6.05. The van der Waals surface area contributed by atoms with Crippen molar-refractivity contribution in [2.75, 3.05) is 31.2 Å². The van der Waals surface area contributed by atoms with Gasteiger partial charge in [0.15, 0.2) is 9.84 Å². The number of nitrogens with one attached hydrogen (secondary N) is 1. The van der Waals surface area contributed by atoms with E-state index in [4.69, 9.17) is 4.74 Å². The fourth-order valence-electron chi connectivity index (χ4n) is 4.40. The monoisotopic (exact) mass is 462 g/mol. The molecule has 1 N–H and O–H groups in total. The number of amides is 2. The van der Waals surface area contributed by atoms with Gasteiger partial charge in [0, 0.05) is 39.0 Å². The van der Waals surface area contributed by atoms with Crippen LogP contribution in [-0.4, -0.2) is 79.2 Å². The number of hydrogen-bond acceptors (Lipinski definition) is 7. The first-order valence-corrected chi connectivity index (χ1v) is 12.9. The fourth-order valence-corrected chi connectivity index (χ4v) is 6.09. The lowest BCUT2D eigenvalue weighted by atomic mass is 10.1. The van der Waals surface area contributed by atoms with Crippen LogP contribution in [0.2, 0.25) is 0 Å². The lowest BCUT2D eigenvalue weighted by Gasteiger charge is -2.31. The van der Waals surface area contributed by atoms with Crippen LogP contribution in [0.15, 0.2) is 29.4 Å². The number of hydrogen-bond donors (Lipinski definition) is 1. The van der Waals surface area contributed by atoms with Crippen molar-refractivity contribution < 1.29 is 22.7 Å². The number of rotatable bonds is 6. The molecule has 2 atom stereocenters. The summed E-state index contributed by atoms with van der Waals surface area (Å²) in [5, 5.41) is 8.33. The maximum absolute atomic E-state index is 12.7. The van der Waals surface area contributed by atoms with Gasteiger partial charge in [-0.3, -0.25) is 14.5 Å². The second-order valence-electron chi connectivity index (χ2n) is 8.76. The van der Waals surface area contributed by atoms with Crippen LogP contribution in [0.1, 0.15) is 37.3 Å². The van der Waals surface area contributed by atoms with E-state index in [-0.39, 0.29) is 48.0 Å². The molecule has 1 aromatic rings. The molecule has 0 saturated carbocycles. The van der Waals surface area contributed by atoms with Gasteiger partial charge in [-0.05, 0) is 24.5 Å². The molecule has 0 spiro atoms. The van der Waals surface area contributed by atoms with E-state index in [0.717, 1.165) is 31.8 Å². The summed E-state index contributed by atoms with van der Waals surface area (Å²) in [5.41, 5.74) is 2.44. The van der Waals surface area contributed by atoms with E-state index in [0.29, 0.717) is 13.0 Å². The number of nitrogens with zero attached hydrogens (tertiary/aromatic N) is 3. The highest BCUT2D eigenvalue weighted by Gasteiger charge is 2.37. The highest BCUT2D eigenvalue weighted by atomic mass is 32.2. The number of ether oxygens (including phenoxy) is 1. The van der Waals surface area contributed by atoms with Crippen LogP contribution in [0.3, 0.4) is 0 Å². The Kier molecular flexibility index (Phi) is 6.92. The van der Waals surface area contributed by atoms with Crippen molar-refractivity contribution in [1.29, 1.82) is 0 Å². The molecule has 0 radical (unpaired) electrons. The van der Waals surface area contributed by atoms with E-state index < -0.39 is 15.9 Å². The molecule has 0 aliphatic carbocycles. The Morgan fingerprint density at radius 2 is 2.09 bits per heavy atom. The molecule has 3 heterocycles. The molecule has 1 aromatic carbocycles. The van der Waals surface area contributed by atoms with Crippen LogP contribution in [0.5, 0.6) is 0 Å². The minimum atomic E-state index is -3.14. The molecule has 3 aliphatic rings. The average Bonchev–Trinajstić information content (AvgIpc) is 3.12. The van der Waals surface area contributed by atoms with Gasteiger partial charge in [-0.1, -0.05) is 24.3 Å². The molecule has 2 saturated heterocycles. The van der Waals surface area contributed by atoms with Gasteiger partial charge in [0.05, 0.1) is 30.3 Å². The van der Waals surface area contributed by atoms with Gasteiger partial charge < -0.3 is 10.1 Å². The zero-order valence-corrected chi connectivity index (χ0v) is 19.1. The van der Waals surface area contributed by atoms with Crippen molar-refractivity contribution in [3.8, 4) is 0 Å². The summed E-state index contributed by atoms with van der Waals surface area (Å²) >= 11 is 0. The Hall–Kier alpha value is -2.30. The maximum Gasteiger partial charge on any atom is 0.267 e. The topological polar surface area (TPSA) is 108 Å². The first-order chi connectivity index (χ1) is 15.3. The molecule has 2 fully saturated rings. The molecule has 0 bridgehead atoms. The molecular weight excluding hydrogens is 432 g/mol. The molecule has 32 heavy (non-hydrogen) atoms. The minimum absolute atomic E-state index is 0.0538. The summed E-state index contributed by atoms with van der Waals surface area (Å²) in [4.78, 5) is 27.3. The first-order valence-electron chi connectivity index (χ1n) is 11.1. The van der Waals surface area contributed by atoms with Crippen molar-refractivity contribution in [2.24, 2.45) is 5.10 Å². The Labute approximate surface area is 188 Å². The number of hydrazone groups is 1. The molecule has 2 amide bonds. The van der Waals surface area contributed by atoms with E-state index in [1.165, 1.54) is 10.6 Å². The summed E-state index contributed by atoms with van der Waals surface area (Å²) in [6.07, 6.45) is 1.02. The third kappa shape index (κ3) is 5.73. The molecule has 0 aromatic heterocycles.